The maximum atomic E-state index is 13.4. The fourth-order valence-electron chi connectivity index (χ4n) is 2.71. The number of benzene rings is 2. The molecule has 0 saturated carbocycles. The maximum Gasteiger partial charge on any atom is 0.251 e. The number of pyridine rings is 1. The second kappa shape index (κ2) is 8.99. The number of ether oxygens (including phenoxy) is 2. The Labute approximate surface area is 163 Å². The summed E-state index contributed by atoms with van der Waals surface area (Å²) in [6, 6.07) is 14.5. The van der Waals surface area contributed by atoms with E-state index in [9.17, 15) is 9.18 Å². The smallest absolute Gasteiger partial charge is 0.251 e. The van der Waals surface area contributed by atoms with Crippen molar-refractivity contribution in [1.82, 2.24) is 10.3 Å². The highest BCUT2D eigenvalue weighted by Gasteiger charge is 2.15. The molecule has 144 valence electrons. The normalized spacial score (nSPS) is 11.5. The Morgan fingerprint density at radius 1 is 1.11 bits per heavy atom. The standard InChI is InChI=1S/C22H21FN2O3/c1-15(17-4-3-5-19(23)12-17)25-22(26)18-6-7-20(27-2)21(13-18)28-14-16-8-10-24-11-9-16/h3-13,15H,14H2,1-2H3,(H,25,26). The molecule has 2 aromatic carbocycles. The van der Waals surface area contributed by atoms with Crippen LogP contribution >= 0.6 is 0 Å². The van der Waals surface area contributed by atoms with E-state index >= 15 is 0 Å². The van der Waals surface area contributed by atoms with Gasteiger partial charge < -0.3 is 14.8 Å². The zero-order valence-electron chi connectivity index (χ0n) is 15.7. The lowest BCUT2D eigenvalue weighted by Crippen LogP contribution is -2.26. The van der Waals surface area contributed by atoms with E-state index in [1.54, 1.807) is 56.8 Å². The van der Waals surface area contributed by atoms with Crippen molar-refractivity contribution in [3.63, 3.8) is 0 Å². The van der Waals surface area contributed by atoms with Crippen molar-refractivity contribution < 1.29 is 18.7 Å². The fraction of sp³-hybridized carbons (Fsp3) is 0.182. The van der Waals surface area contributed by atoms with Crippen LogP contribution < -0.4 is 14.8 Å². The largest absolute Gasteiger partial charge is 0.493 e. The first-order valence-electron chi connectivity index (χ1n) is 8.83. The highest BCUT2D eigenvalue weighted by atomic mass is 19.1. The SMILES string of the molecule is COc1ccc(C(=O)NC(C)c2cccc(F)c2)cc1OCc1ccncc1. The van der Waals surface area contributed by atoms with Crippen molar-refractivity contribution in [2.45, 2.75) is 19.6 Å². The molecule has 0 saturated heterocycles. The number of amides is 1. The van der Waals surface area contributed by atoms with Crippen molar-refractivity contribution >= 4 is 5.91 Å². The molecule has 1 atom stereocenters. The molecule has 1 unspecified atom stereocenters. The molecule has 1 N–H and O–H groups in total. The zero-order valence-corrected chi connectivity index (χ0v) is 15.7. The highest BCUT2D eigenvalue weighted by molar-refractivity contribution is 5.95. The molecule has 0 bridgehead atoms. The van der Waals surface area contributed by atoms with Gasteiger partial charge in [-0.25, -0.2) is 4.39 Å². The van der Waals surface area contributed by atoms with Crippen LogP contribution in [0, 0.1) is 5.82 Å². The van der Waals surface area contributed by atoms with Crippen LogP contribution in [0.5, 0.6) is 11.5 Å². The third-order valence-corrected chi connectivity index (χ3v) is 4.27. The summed E-state index contributed by atoms with van der Waals surface area (Å²) in [6.07, 6.45) is 3.38. The van der Waals surface area contributed by atoms with Crippen LogP contribution in [0.4, 0.5) is 4.39 Å². The number of rotatable bonds is 7. The van der Waals surface area contributed by atoms with Crippen LogP contribution in [-0.2, 0) is 6.61 Å². The first-order valence-corrected chi connectivity index (χ1v) is 8.83. The minimum absolute atomic E-state index is 0.284. The second-order valence-electron chi connectivity index (χ2n) is 6.26. The maximum absolute atomic E-state index is 13.4. The Morgan fingerprint density at radius 3 is 2.61 bits per heavy atom. The Kier molecular flexibility index (Phi) is 6.22. The van der Waals surface area contributed by atoms with Crippen LogP contribution in [0.3, 0.4) is 0 Å². The lowest BCUT2D eigenvalue weighted by Gasteiger charge is -2.16. The van der Waals surface area contributed by atoms with E-state index in [4.69, 9.17) is 9.47 Å². The molecule has 1 aromatic heterocycles. The van der Waals surface area contributed by atoms with Gasteiger partial charge in [-0.2, -0.15) is 0 Å². The van der Waals surface area contributed by atoms with Crippen molar-refractivity contribution in [2.24, 2.45) is 0 Å². The molecule has 1 amide bonds. The number of methoxy groups -OCH3 is 1. The van der Waals surface area contributed by atoms with Gasteiger partial charge in [0.05, 0.1) is 13.2 Å². The summed E-state index contributed by atoms with van der Waals surface area (Å²) in [6.45, 7) is 2.13. The van der Waals surface area contributed by atoms with Gasteiger partial charge in [0.15, 0.2) is 11.5 Å². The van der Waals surface area contributed by atoms with Crippen LogP contribution in [0.2, 0.25) is 0 Å². The minimum atomic E-state index is -0.341. The second-order valence-corrected chi connectivity index (χ2v) is 6.26. The molecule has 0 aliphatic carbocycles. The average molecular weight is 380 g/mol. The fourth-order valence-corrected chi connectivity index (χ4v) is 2.71. The number of nitrogens with zero attached hydrogens (tertiary/aromatic N) is 1. The van der Waals surface area contributed by atoms with E-state index in [1.807, 2.05) is 12.1 Å². The van der Waals surface area contributed by atoms with Gasteiger partial charge in [0.25, 0.3) is 5.91 Å². The van der Waals surface area contributed by atoms with Crippen molar-refractivity contribution in [2.75, 3.05) is 7.11 Å². The molecule has 0 fully saturated rings. The summed E-state index contributed by atoms with van der Waals surface area (Å²) >= 11 is 0. The number of hydrogen-bond acceptors (Lipinski definition) is 4. The van der Waals surface area contributed by atoms with Crippen LogP contribution in [0.15, 0.2) is 67.0 Å². The summed E-state index contributed by atoms with van der Waals surface area (Å²) in [5, 5.41) is 2.87. The topological polar surface area (TPSA) is 60.5 Å². The molecule has 5 nitrogen and oxygen atoms in total. The van der Waals surface area contributed by atoms with Crippen LogP contribution in [-0.4, -0.2) is 18.0 Å². The molecular weight excluding hydrogens is 359 g/mol. The van der Waals surface area contributed by atoms with E-state index in [1.165, 1.54) is 12.1 Å². The van der Waals surface area contributed by atoms with Crippen molar-refractivity contribution in [1.29, 1.82) is 0 Å². The van der Waals surface area contributed by atoms with E-state index < -0.39 is 0 Å². The van der Waals surface area contributed by atoms with Crippen LogP contribution in [0.25, 0.3) is 0 Å². The zero-order chi connectivity index (χ0) is 19.9. The number of carbonyl (C=O) groups excluding carboxylic acids is 1. The van der Waals surface area contributed by atoms with Crippen molar-refractivity contribution in [3.05, 3.63) is 89.5 Å². The minimum Gasteiger partial charge on any atom is -0.493 e. The van der Waals surface area contributed by atoms with Gasteiger partial charge in [-0.05, 0) is 60.5 Å². The number of nitrogens with one attached hydrogen (secondary N) is 1. The van der Waals surface area contributed by atoms with Gasteiger partial charge >= 0.3 is 0 Å². The lowest BCUT2D eigenvalue weighted by molar-refractivity contribution is 0.0939. The number of aromatic nitrogens is 1. The molecule has 0 radical (unpaired) electrons. The predicted octanol–water partition coefficient (Wildman–Crippen LogP) is 4.30. The number of halogens is 1. The predicted molar refractivity (Wildman–Crippen MR) is 104 cm³/mol. The van der Waals surface area contributed by atoms with Crippen LogP contribution in [0.1, 0.15) is 34.5 Å². The molecule has 28 heavy (non-hydrogen) atoms. The van der Waals surface area contributed by atoms with Gasteiger partial charge in [0.2, 0.25) is 0 Å². The lowest BCUT2D eigenvalue weighted by atomic mass is 10.1. The Morgan fingerprint density at radius 2 is 1.89 bits per heavy atom. The number of hydrogen-bond donors (Lipinski definition) is 1. The summed E-state index contributed by atoms with van der Waals surface area (Å²) in [7, 11) is 1.54. The summed E-state index contributed by atoms with van der Waals surface area (Å²) in [5.41, 5.74) is 2.07. The molecule has 6 heteroatoms. The number of carbonyl (C=O) groups is 1. The molecule has 3 rings (SSSR count). The summed E-state index contributed by atoms with van der Waals surface area (Å²) < 4.78 is 24.6. The van der Waals surface area contributed by atoms with Crippen molar-refractivity contribution in [3.8, 4) is 11.5 Å². The third-order valence-electron chi connectivity index (χ3n) is 4.27. The molecule has 0 aliphatic heterocycles. The van der Waals surface area contributed by atoms with E-state index in [0.29, 0.717) is 29.2 Å². The summed E-state index contributed by atoms with van der Waals surface area (Å²) in [5.74, 6) is 0.372. The van der Waals surface area contributed by atoms with E-state index in [-0.39, 0.29) is 17.8 Å². The Hall–Kier alpha value is -3.41. The average Bonchev–Trinajstić information content (AvgIpc) is 2.72. The van der Waals surface area contributed by atoms with Gasteiger partial charge in [0, 0.05) is 18.0 Å². The molecule has 3 aromatic rings. The van der Waals surface area contributed by atoms with Gasteiger partial charge in [-0.15, -0.1) is 0 Å². The molecule has 0 spiro atoms. The summed E-state index contributed by atoms with van der Waals surface area (Å²) in [4.78, 5) is 16.6. The van der Waals surface area contributed by atoms with Gasteiger partial charge in [0.1, 0.15) is 12.4 Å². The third kappa shape index (κ3) is 4.85. The Balaban J connectivity index is 1.73. The quantitative estimate of drug-likeness (QED) is 0.664. The first kappa shape index (κ1) is 19.4. The molecule has 0 aliphatic rings. The highest BCUT2D eigenvalue weighted by Crippen LogP contribution is 2.29. The van der Waals surface area contributed by atoms with E-state index in [2.05, 4.69) is 10.3 Å². The molecule has 1 heterocycles. The Bertz CT molecular complexity index is 948. The monoisotopic (exact) mass is 380 g/mol. The van der Waals surface area contributed by atoms with Gasteiger partial charge in [-0.3, -0.25) is 9.78 Å². The van der Waals surface area contributed by atoms with Gasteiger partial charge in [-0.1, -0.05) is 12.1 Å². The molecular formula is C22H21FN2O3. The van der Waals surface area contributed by atoms with E-state index in [0.717, 1.165) is 5.56 Å². The first-order chi connectivity index (χ1) is 13.6.